The summed E-state index contributed by atoms with van der Waals surface area (Å²) in [6.45, 7) is 10.3. The fourth-order valence-corrected chi connectivity index (χ4v) is 3.57. The van der Waals surface area contributed by atoms with Crippen LogP contribution in [0.25, 0.3) is 0 Å². The van der Waals surface area contributed by atoms with Crippen molar-refractivity contribution in [1.29, 1.82) is 0 Å². The summed E-state index contributed by atoms with van der Waals surface area (Å²) in [6, 6.07) is 1.64. The third-order valence-electron chi connectivity index (χ3n) is 4.78. The van der Waals surface area contributed by atoms with Gasteiger partial charge in [0.2, 0.25) is 0 Å². The third-order valence-corrected chi connectivity index (χ3v) is 4.78. The highest BCUT2D eigenvalue weighted by molar-refractivity contribution is 5.90. The Labute approximate surface area is 147 Å². The van der Waals surface area contributed by atoms with Crippen molar-refractivity contribution < 1.29 is 19.4 Å². The molecule has 7 heteroatoms. The second-order valence-corrected chi connectivity index (χ2v) is 7.97. The lowest BCUT2D eigenvalue weighted by atomic mass is 10.0. The SMILES string of the molecule is Cc1cnc(N2C[C@H]3CN(C(=O)OC(C)(C)C)C[C@H]3C2)cc1C(=O)O. The topological polar surface area (TPSA) is 83.0 Å². The number of carboxylic acid groups (broad SMARTS) is 1. The number of carboxylic acids is 1. The lowest BCUT2D eigenvalue weighted by molar-refractivity contribution is 0.0282. The van der Waals surface area contributed by atoms with Gasteiger partial charge in [-0.05, 0) is 39.3 Å². The minimum atomic E-state index is -0.934. The van der Waals surface area contributed by atoms with Gasteiger partial charge in [-0.2, -0.15) is 0 Å². The van der Waals surface area contributed by atoms with E-state index >= 15 is 0 Å². The molecular formula is C18H25N3O4. The Kier molecular flexibility index (Phi) is 4.34. The van der Waals surface area contributed by atoms with Crippen LogP contribution in [0.4, 0.5) is 10.6 Å². The zero-order chi connectivity index (χ0) is 18.4. The van der Waals surface area contributed by atoms with Gasteiger partial charge in [-0.25, -0.2) is 14.6 Å². The maximum Gasteiger partial charge on any atom is 0.410 e. The van der Waals surface area contributed by atoms with Crippen molar-refractivity contribution in [3.05, 3.63) is 23.4 Å². The molecule has 7 nitrogen and oxygen atoms in total. The molecule has 0 spiro atoms. The molecule has 3 rings (SSSR count). The van der Waals surface area contributed by atoms with Crippen LogP contribution in [0.5, 0.6) is 0 Å². The second kappa shape index (κ2) is 6.20. The first-order chi connectivity index (χ1) is 11.6. The van der Waals surface area contributed by atoms with E-state index in [4.69, 9.17) is 4.74 Å². The molecule has 0 unspecified atom stereocenters. The van der Waals surface area contributed by atoms with Crippen LogP contribution in [-0.4, -0.2) is 58.8 Å². The standard InChI is InChI=1S/C18H25N3O4/c1-11-6-19-15(5-14(11)16(22)23)20-7-12-9-21(10-13(12)8-20)17(24)25-18(2,3)4/h5-6,12-13H,7-10H2,1-4H3,(H,22,23)/t12-,13+. The summed E-state index contributed by atoms with van der Waals surface area (Å²) >= 11 is 0. The molecule has 1 aromatic rings. The van der Waals surface area contributed by atoms with Crippen LogP contribution >= 0.6 is 0 Å². The summed E-state index contributed by atoms with van der Waals surface area (Å²) in [5.74, 6) is 0.491. The maximum absolute atomic E-state index is 12.2. The van der Waals surface area contributed by atoms with Crippen LogP contribution in [0.3, 0.4) is 0 Å². The molecule has 0 radical (unpaired) electrons. The first kappa shape index (κ1) is 17.5. The van der Waals surface area contributed by atoms with E-state index in [1.54, 1.807) is 24.1 Å². The lowest BCUT2D eigenvalue weighted by Crippen LogP contribution is -2.37. The number of carbonyl (C=O) groups excluding carboxylic acids is 1. The van der Waals surface area contributed by atoms with Gasteiger partial charge in [0.15, 0.2) is 0 Å². The summed E-state index contributed by atoms with van der Waals surface area (Å²) in [5.41, 5.74) is 0.462. The number of amides is 1. The molecule has 1 N–H and O–H groups in total. The molecular weight excluding hydrogens is 322 g/mol. The van der Waals surface area contributed by atoms with Crippen LogP contribution in [0.15, 0.2) is 12.3 Å². The minimum Gasteiger partial charge on any atom is -0.478 e. The van der Waals surface area contributed by atoms with E-state index in [1.165, 1.54) is 0 Å². The third kappa shape index (κ3) is 3.70. The maximum atomic E-state index is 12.2. The molecule has 1 amide bonds. The smallest absolute Gasteiger partial charge is 0.410 e. The van der Waals surface area contributed by atoms with E-state index in [2.05, 4.69) is 9.88 Å². The summed E-state index contributed by atoms with van der Waals surface area (Å²) in [4.78, 5) is 31.8. The molecule has 2 saturated heterocycles. The van der Waals surface area contributed by atoms with E-state index in [1.807, 2.05) is 20.8 Å². The molecule has 1 aromatic heterocycles. The molecule has 0 aromatic carbocycles. The highest BCUT2D eigenvalue weighted by atomic mass is 16.6. The Bertz CT molecular complexity index is 684. The van der Waals surface area contributed by atoms with E-state index in [0.29, 0.717) is 36.3 Å². The van der Waals surface area contributed by atoms with Gasteiger partial charge in [0.25, 0.3) is 0 Å². The predicted molar refractivity (Wildman–Crippen MR) is 92.9 cm³/mol. The number of ether oxygens (including phenoxy) is 1. The molecule has 25 heavy (non-hydrogen) atoms. The average Bonchev–Trinajstić information content (AvgIpc) is 3.04. The van der Waals surface area contributed by atoms with Gasteiger partial charge in [0, 0.05) is 44.2 Å². The number of likely N-dealkylation sites (tertiary alicyclic amines) is 1. The van der Waals surface area contributed by atoms with Crippen molar-refractivity contribution in [3.8, 4) is 0 Å². The van der Waals surface area contributed by atoms with Crippen LogP contribution in [0, 0.1) is 18.8 Å². The fourth-order valence-electron chi connectivity index (χ4n) is 3.57. The zero-order valence-corrected chi connectivity index (χ0v) is 15.2. The highest BCUT2D eigenvalue weighted by Crippen LogP contribution is 2.34. The van der Waals surface area contributed by atoms with Gasteiger partial charge < -0.3 is 19.6 Å². The summed E-state index contributed by atoms with van der Waals surface area (Å²) in [7, 11) is 0. The van der Waals surface area contributed by atoms with Gasteiger partial charge in [0.05, 0.1) is 5.56 Å². The van der Waals surface area contributed by atoms with Crippen LogP contribution < -0.4 is 4.90 Å². The summed E-state index contributed by atoms with van der Waals surface area (Å²) < 4.78 is 5.45. The number of hydrogen-bond donors (Lipinski definition) is 1. The van der Waals surface area contributed by atoms with Crippen molar-refractivity contribution in [1.82, 2.24) is 9.88 Å². The molecule has 2 atom stereocenters. The molecule has 2 fully saturated rings. The van der Waals surface area contributed by atoms with Gasteiger partial charge in [0.1, 0.15) is 11.4 Å². The van der Waals surface area contributed by atoms with Gasteiger partial charge in [-0.15, -0.1) is 0 Å². The number of nitrogens with zero attached hydrogens (tertiary/aromatic N) is 3. The number of fused-ring (bicyclic) bond motifs is 1. The van der Waals surface area contributed by atoms with E-state index in [-0.39, 0.29) is 11.7 Å². The first-order valence-corrected chi connectivity index (χ1v) is 8.57. The molecule has 0 aliphatic carbocycles. The molecule has 0 saturated carbocycles. The number of aromatic carboxylic acids is 1. The zero-order valence-electron chi connectivity index (χ0n) is 15.2. The first-order valence-electron chi connectivity index (χ1n) is 8.57. The van der Waals surface area contributed by atoms with Crippen molar-refractivity contribution >= 4 is 17.9 Å². The monoisotopic (exact) mass is 347 g/mol. The van der Waals surface area contributed by atoms with Crippen LogP contribution in [-0.2, 0) is 4.74 Å². The quantitative estimate of drug-likeness (QED) is 0.884. The van der Waals surface area contributed by atoms with E-state index in [9.17, 15) is 14.7 Å². The van der Waals surface area contributed by atoms with Crippen molar-refractivity contribution in [2.75, 3.05) is 31.1 Å². The number of hydrogen-bond acceptors (Lipinski definition) is 5. The Morgan fingerprint density at radius 3 is 2.32 bits per heavy atom. The predicted octanol–water partition coefficient (Wildman–Crippen LogP) is 2.39. The van der Waals surface area contributed by atoms with Gasteiger partial charge >= 0.3 is 12.1 Å². The number of anilines is 1. The molecule has 136 valence electrons. The van der Waals surface area contributed by atoms with E-state index < -0.39 is 11.6 Å². The number of pyridine rings is 1. The van der Waals surface area contributed by atoms with E-state index in [0.717, 1.165) is 13.1 Å². The van der Waals surface area contributed by atoms with Crippen LogP contribution in [0.1, 0.15) is 36.7 Å². The van der Waals surface area contributed by atoms with Gasteiger partial charge in [-0.1, -0.05) is 0 Å². The van der Waals surface area contributed by atoms with Crippen molar-refractivity contribution in [2.45, 2.75) is 33.3 Å². The Hall–Kier alpha value is -2.31. The number of carbonyl (C=O) groups is 2. The average molecular weight is 347 g/mol. The summed E-state index contributed by atoms with van der Waals surface area (Å²) in [6.07, 6.45) is 1.36. The number of aryl methyl sites for hydroxylation is 1. The summed E-state index contributed by atoms with van der Waals surface area (Å²) in [5, 5.41) is 9.28. The van der Waals surface area contributed by atoms with Crippen molar-refractivity contribution in [3.63, 3.8) is 0 Å². The fraction of sp³-hybridized carbons (Fsp3) is 0.611. The van der Waals surface area contributed by atoms with Crippen LogP contribution in [0.2, 0.25) is 0 Å². The van der Waals surface area contributed by atoms with Gasteiger partial charge in [-0.3, -0.25) is 0 Å². The molecule has 3 heterocycles. The highest BCUT2D eigenvalue weighted by Gasteiger charge is 2.43. The second-order valence-electron chi connectivity index (χ2n) is 7.97. The molecule has 2 aliphatic rings. The normalized spacial score (nSPS) is 22.9. The number of aromatic nitrogens is 1. The molecule has 0 bridgehead atoms. The minimum absolute atomic E-state index is 0.255. The Morgan fingerprint density at radius 2 is 1.80 bits per heavy atom. The lowest BCUT2D eigenvalue weighted by Gasteiger charge is -2.26. The number of rotatable bonds is 2. The van der Waals surface area contributed by atoms with Crippen molar-refractivity contribution in [2.24, 2.45) is 11.8 Å². The largest absolute Gasteiger partial charge is 0.478 e. The Morgan fingerprint density at radius 1 is 1.20 bits per heavy atom. The Balaban J connectivity index is 1.65. The molecule has 2 aliphatic heterocycles.